The number of likely N-dealkylation sites (N-methyl/N-ethyl adjacent to an activating group) is 1. The summed E-state index contributed by atoms with van der Waals surface area (Å²) in [4.78, 5) is 2.24. The fourth-order valence-corrected chi connectivity index (χ4v) is 1.51. The van der Waals surface area contributed by atoms with E-state index in [-0.39, 0.29) is 6.10 Å². The summed E-state index contributed by atoms with van der Waals surface area (Å²) in [7, 11) is 2.10. The lowest BCUT2D eigenvalue weighted by molar-refractivity contribution is 0.0731. The SMILES string of the molecule is CCC(C)CN(C)CC(O)C(C)CC. The summed E-state index contributed by atoms with van der Waals surface area (Å²) in [6.07, 6.45) is 2.09. The molecule has 0 aliphatic rings. The zero-order chi connectivity index (χ0) is 11.1. The molecular weight excluding hydrogens is 174 g/mol. The number of aliphatic hydroxyl groups is 1. The lowest BCUT2D eigenvalue weighted by Crippen LogP contribution is -2.35. The van der Waals surface area contributed by atoms with Gasteiger partial charge >= 0.3 is 0 Å². The van der Waals surface area contributed by atoms with E-state index < -0.39 is 0 Å². The van der Waals surface area contributed by atoms with Crippen molar-refractivity contribution in [3.63, 3.8) is 0 Å². The Morgan fingerprint density at radius 2 is 1.64 bits per heavy atom. The molecule has 0 fully saturated rings. The highest BCUT2D eigenvalue weighted by Crippen LogP contribution is 2.10. The Bertz CT molecular complexity index is 138. The Labute approximate surface area is 89.3 Å². The maximum absolute atomic E-state index is 9.83. The highest BCUT2D eigenvalue weighted by molar-refractivity contribution is 4.68. The highest BCUT2D eigenvalue weighted by atomic mass is 16.3. The van der Waals surface area contributed by atoms with Gasteiger partial charge < -0.3 is 10.0 Å². The maximum Gasteiger partial charge on any atom is 0.0692 e. The van der Waals surface area contributed by atoms with E-state index in [1.54, 1.807) is 0 Å². The van der Waals surface area contributed by atoms with E-state index in [9.17, 15) is 5.11 Å². The highest BCUT2D eigenvalue weighted by Gasteiger charge is 2.15. The molecule has 0 aliphatic carbocycles. The minimum atomic E-state index is -0.172. The lowest BCUT2D eigenvalue weighted by Gasteiger charge is -2.26. The molecule has 3 unspecified atom stereocenters. The third-order valence-electron chi connectivity index (χ3n) is 3.12. The van der Waals surface area contributed by atoms with Crippen LogP contribution in [0.4, 0.5) is 0 Å². The van der Waals surface area contributed by atoms with Gasteiger partial charge in [0.05, 0.1) is 6.10 Å². The molecule has 0 spiro atoms. The van der Waals surface area contributed by atoms with Crippen LogP contribution in [0.3, 0.4) is 0 Å². The summed E-state index contributed by atoms with van der Waals surface area (Å²) < 4.78 is 0. The van der Waals surface area contributed by atoms with Crippen molar-refractivity contribution in [1.29, 1.82) is 0 Å². The van der Waals surface area contributed by atoms with Gasteiger partial charge in [-0.15, -0.1) is 0 Å². The topological polar surface area (TPSA) is 23.5 Å². The maximum atomic E-state index is 9.83. The largest absolute Gasteiger partial charge is 0.392 e. The summed E-state index contributed by atoms with van der Waals surface area (Å²) in [5, 5.41) is 9.83. The van der Waals surface area contributed by atoms with Crippen LogP contribution in [-0.4, -0.2) is 36.2 Å². The predicted octanol–water partition coefficient (Wildman–Crippen LogP) is 2.37. The van der Waals surface area contributed by atoms with Crippen LogP contribution in [0.2, 0.25) is 0 Å². The van der Waals surface area contributed by atoms with Crippen molar-refractivity contribution in [1.82, 2.24) is 4.90 Å². The zero-order valence-corrected chi connectivity index (χ0v) is 10.5. The van der Waals surface area contributed by atoms with Crippen molar-refractivity contribution >= 4 is 0 Å². The second-order valence-electron chi connectivity index (χ2n) is 4.69. The summed E-state index contributed by atoms with van der Waals surface area (Å²) in [5.41, 5.74) is 0. The molecule has 0 aromatic rings. The normalized spacial score (nSPS) is 18.2. The molecule has 0 amide bonds. The van der Waals surface area contributed by atoms with Gasteiger partial charge in [0.2, 0.25) is 0 Å². The van der Waals surface area contributed by atoms with Crippen molar-refractivity contribution < 1.29 is 5.11 Å². The Hall–Kier alpha value is -0.0800. The molecule has 0 aromatic heterocycles. The quantitative estimate of drug-likeness (QED) is 0.683. The smallest absolute Gasteiger partial charge is 0.0692 e. The summed E-state index contributed by atoms with van der Waals surface area (Å²) in [6, 6.07) is 0. The molecule has 0 heterocycles. The molecule has 2 nitrogen and oxygen atoms in total. The number of rotatable bonds is 7. The molecule has 0 saturated heterocycles. The van der Waals surface area contributed by atoms with Gasteiger partial charge in [-0.1, -0.05) is 40.5 Å². The minimum Gasteiger partial charge on any atom is -0.392 e. The molecule has 14 heavy (non-hydrogen) atoms. The molecule has 0 aromatic carbocycles. The second-order valence-corrected chi connectivity index (χ2v) is 4.69. The van der Waals surface area contributed by atoms with E-state index >= 15 is 0 Å². The van der Waals surface area contributed by atoms with Crippen molar-refractivity contribution in [2.45, 2.75) is 46.6 Å². The molecule has 0 saturated carbocycles. The van der Waals surface area contributed by atoms with Gasteiger partial charge in [-0.25, -0.2) is 0 Å². The standard InChI is InChI=1S/C12H27NO/c1-6-10(3)8-13(5)9-12(14)11(4)7-2/h10-12,14H,6-9H2,1-5H3. The van der Waals surface area contributed by atoms with Gasteiger partial charge in [0.25, 0.3) is 0 Å². The van der Waals surface area contributed by atoms with Crippen LogP contribution in [-0.2, 0) is 0 Å². The first kappa shape index (κ1) is 13.9. The molecule has 3 atom stereocenters. The molecule has 2 heteroatoms. The summed E-state index contributed by atoms with van der Waals surface area (Å²) in [6.45, 7) is 10.6. The molecule has 86 valence electrons. The third kappa shape index (κ3) is 5.61. The van der Waals surface area contributed by atoms with Crippen molar-refractivity contribution in [2.24, 2.45) is 11.8 Å². The van der Waals surface area contributed by atoms with E-state index in [4.69, 9.17) is 0 Å². The van der Waals surface area contributed by atoms with Gasteiger partial charge in [-0.3, -0.25) is 0 Å². The number of nitrogens with zero attached hydrogens (tertiary/aromatic N) is 1. The van der Waals surface area contributed by atoms with Crippen LogP contribution in [0, 0.1) is 11.8 Å². The van der Waals surface area contributed by atoms with E-state index in [0.717, 1.165) is 25.4 Å². The van der Waals surface area contributed by atoms with Gasteiger partial charge in [-0.2, -0.15) is 0 Å². The monoisotopic (exact) mass is 201 g/mol. The molecule has 0 radical (unpaired) electrons. The first-order chi connectivity index (χ1) is 6.51. The lowest BCUT2D eigenvalue weighted by atomic mass is 10.0. The van der Waals surface area contributed by atoms with E-state index in [2.05, 4.69) is 39.6 Å². The third-order valence-corrected chi connectivity index (χ3v) is 3.12. The first-order valence-electron chi connectivity index (χ1n) is 5.87. The number of aliphatic hydroxyl groups excluding tert-OH is 1. The van der Waals surface area contributed by atoms with Crippen LogP contribution in [0.25, 0.3) is 0 Å². The summed E-state index contributed by atoms with van der Waals surface area (Å²) >= 11 is 0. The Morgan fingerprint density at radius 1 is 1.07 bits per heavy atom. The molecule has 0 bridgehead atoms. The van der Waals surface area contributed by atoms with E-state index in [1.807, 2.05) is 0 Å². The van der Waals surface area contributed by atoms with Crippen molar-refractivity contribution in [3.05, 3.63) is 0 Å². The first-order valence-corrected chi connectivity index (χ1v) is 5.87. The van der Waals surface area contributed by atoms with Gasteiger partial charge in [0, 0.05) is 13.1 Å². The predicted molar refractivity (Wildman–Crippen MR) is 62.4 cm³/mol. The van der Waals surface area contributed by atoms with Gasteiger partial charge in [0.15, 0.2) is 0 Å². The Balaban J connectivity index is 3.75. The summed E-state index contributed by atoms with van der Waals surface area (Å²) in [5.74, 6) is 1.14. The van der Waals surface area contributed by atoms with Crippen molar-refractivity contribution in [2.75, 3.05) is 20.1 Å². The molecule has 0 aliphatic heterocycles. The fraction of sp³-hybridized carbons (Fsp3) is 1.00. The van der Waals surface area contributed by atoms with Crippen LogP contribution in [0.1, 0.15) is 40.5 Å². The van der Waals surface area contributed by atoms with Gasteiger partial charge in [0.1, 0.15) is 0 Å². The van der Waals surface area contributed by atoms with Gasteiger partial charge in [-0.05, 0) is 18.9 Å². The minimum absolute atomic E-state index is 0.172. The number of hydrogen-bond donors (Lipinski definition) is 1. The van der Waals surface area contributed by atoms with Crippen LogP contribution >= 0.6 is 0 Å². The Kier molecular flexibility index (Phi) is 7.20. The number of hydrogen-bond acceptors (Lipinski definition) is 2. The molecular formula is C12H27NO. The second kappa shape index (κ2) is 7.24. The zero-order valence-electron chi connectivity index (χ0n) is 10.5. The van der Waals surface area contributed by atoms with Crippen molar-refractivity contribution in [3.8, 4) is 0 Å². The van der Waals surface area contributed by atoms with E-state index in [0.29, 0.717) is 5.92 Å². The average Bonchev–Trinajstić information content (AvgIpc) is 2.15. The Morgan fingerprint density at radius 3 is 2.07 bits per heavy atom. The molecule has 0 rings (SSSR count). The average molecular weight is 201 g/mol. The van der Waals surface area contributed by atoms with E-state index in [1.165, 1.54) is 6.42 Å². The van der Waals surface area contributed by atoms with Crippen LogP contribution < -0.4 is 0 Å². The molecule has 1 N–H and O–H groups in total. The van der Waals surface area contributed by atoms with Crippen LogP contribution in [0.5, 0.6) is 0 Å². The van der Waals surface area contributed by atoms with Crippen LogP contribution in [0.15, 0.2) is 0 Å². The fourth-order valence-electron chi connectivity index (χ4n) is 1.51.